The topological polar surface area (TPSA) is 51.2 Å². The van der Waals surface area contributed by atoms with Crippen LogP contribution in [-0.4, -0.2) is 81.1 Å². The van der Waals surface area contributed by atoms with Crippen LogP contribution in [0.5, 0.6) is 0 Å². The van der Waals surface area contributed by atoms with Crippen molar-refractivity contribution in [2.24, 2.45) is 5.92 Å². The molecule has 3 rings (SSSR count). The molecule has 21 heavy (non-hydrogen) atoms. The van der Waals surface area contributed by atoms with Crippen LogP contribution in [0, 0.1) is 5.92 Å². The highest BCUT2D eigenvalue weighted by Gasteiger charge is 2.30. The molecule has 0 spiro atoms. The highest BCUT2D eigenvalue weighted by atomic mass is 16.6. The standard InChI is InChI=1S/C15H26N2O4/c18-15(20-10-7-16-5-8-19-9-6-16)17-4-3-14(11-17)21-12-13-1-2-13/h13-14H,1-12H2/t14-/m0/s1. The minimum absolute atomic E-state index is 0.194. The molecule has 3 aliphatic rings. The van der Waals surface area contributed by atoms with Crippen LogP contribution in [-0.2, 0) is 14.2 Å². The molecule has 0 aromatic carbocycles. The predicted octanol–water partition coefficient (Wildman–Crippen LogP) is 0.956. The zero-order valence-corrected chi connectivity index (χ0v) is 12.7. The van der Waals surface area contributed by atoms with Gasteiger partial charge in [-0.2, -0.15) is 0 Å². The van der Waals surface area contributed by atoms with E-state index in [-0.39, 0.29) is 12.2 Å². The molecular formula is C15H26N2O4. The van der Waals surface area contributed by atoms with E-state index in [1.165, 1.54) is 12.8 Å². The first kappa shape index (κ1) is 15.1. The largest absolute Gasteiger partial charge is 0.448 e. The summed E-state index contributed by atoms with van der Waals surface area (Å²) in [7, 11) is 0. The number of carbonyl (C=O) groups is 1. The van der Waals surface area contributed by atoms with Gasteiger partial charge in [-0.25, -0.2) is 4.79 Å². The van der Waals surface area contributed by atoms with Crippen molar-refractivity contribution in [1.29, 1.82) is 0 Å². The van der Waals surface area contributed by atoms with Gasteiger partial charge in [0.2, 0.25) is 0 Å². The molecule has 3 fully saturated rings. The minimum atomic E-state index is -0.194. The third-order valence-electron chi connectivity index (χ3n) is 4.40. The van der Waals surface area contributed by atoms with Crippen LogP contribution in [0.1, 0.15) is 19.3 Å². The second-order valence-electron chi connectivity index (χ2n) is 6.20. The number of carbonyl (C=O) groups excluding carboxylic acids is 1. The van der Waals surface area contributed by atoms with Crippen LogP contribution in [0.15, 0.2) is 0 Å². The van der Waals surface area contributed by atoms with Crippen molar-refractivity contribution in [2.75, 3.05) is 59.2 Å². The maximum absolute atomic E-state index is 12.0. The third-order valence-corrected chi connectivity index (χ3v) is 4.40. The lowest BCUT2D eigenvalue weighted by atomic mass is 10.3. The summed E-state index contributed by atoms with van der Waals surface area (Å²) >= 11 is 0. The summed E-state index contributed by atoms with van der Waals surface area (Å²) in [6.45, 7) is 6.98. The molecule has 6 heteroatoms. The van der Waals surface area contributed by atoms with Crippen molar-refractivity contribution < 1.29 is 19.0 Å². The first-order chi connectivity index (χ1) is 10.3. The molecule has 1 saturated carbocycles. The average Bonchev–Trinajstić information content (AvgIpc) is 3.22. The number of ether oxygens (including phenoxy) is 3. The summed E-state index contributed by atoms with van der Waals surface area (Å²) in [5.41, 5.74) is 0. The number of nitrogens with zero attached hydrogens (tertiary/aromatic N) is 2. The molecule has 2 aliphatic heterocycles. The predicted molar refractivity (Wildman–Crippen MR) is 77.3 cm³/mol. The van der Waals surface area contributed by atoms with Crippen molar-refractivity contribution >= 4 is 6.09 Å². The van der Waals surface area contributed by atoms with Gasteiger partial charge in [0, 0.05) is 32.8 Å². The quantitative estimate of drug-likeness (QED) is 0.731. The molecule has 0 N–H and O–H groups in total. The fourth-order valence-electron chi connectivity index (χ4n) is 2.76. The van der Waals surface area contributed by atoms with E-state index in [9.17, 15) is 4.79 Å². The molecule has 1 atom stereocenters. The van der Waals surface area contributed by atoms with E-state index < -0.39 is 0 Å². The summed E-state index contributed by atoms with van der Waals surface area (Å²) in [5.74, 6) is 0.777. The van der Waals surface area contributed by atoms with Crippen LogP contribution < -0.4 is 0 Å². The van der Waals surface area contributed by atoms with Gasteiger partial charge in [0.1, 0.15) is 6.61 Å². The first-order valence-electron chi connectivity index (χ1n) is 8.14. The van der Waals surface area contributed by atoms with Crippen molar-refractivity contribution in [3.8, 4) is 0 Å². The molecule has 2 saturated heterocycles. The fourth-order valence-corrected chi connectivity index (χ4v) is 2.76. The second kappa shape index (κ2) is 7.42. The lowest BCUT2D eigenvalue weighted by Crippen LogP contribution is -2.39. The molecule has 0 bridgehead atoms. The van der Waals surface area contributed by atoms with Crippen LogP contribution in [0.4, 0.5) is 4.79 Å². The number of rotatable bonds is 6. The van der Waals surface area contributed by atoms with E-state index in [0.717, 1.165) is 58.3 Å². The molecule has 120 valence electrons. The van der Waals surface area contributed by atoms with Gasteiger partial charge < -0.3 is 19.1 Å². The van der Waals surface area contributed by atoms with Gasteiger partial charge in [-0.3, -0.25) is 4.90 Å². The fraction of sp³-hybridized carbons (Fsp3) is 0.933. The lowest BCUT2D eigenvalue weighted by molar-refractivity contribution is 0.0236. The van der Waals surface area contributed by atoms with E-state index in [1.54, 1.807) is 4.90 Å². The number of hydrogen-bond acceptors (Lipinski definition) is 5. The zero-order valence-electron chi connectivity index (χ0n) is 12.7. The number of likely N-dealkylation sites (tertiary alicyclic amines) is 1. The van der Waals surface area contributed by atoms with Crippen molar-refractivity contribution in [2.45, 2.75) is 25.4 Å². The van der Waals surface area contributed by atoms with Gasteiger partial charge in [0.25, 0.3) is 0 Å². The highest BCUT2D eigenvalue weighted by Crippen LogP contribution is 2.30. The van der Waals surface area contributed by atoms with E-state index in [2.05, 4.69) is 4.90 Å². The van der Waals surface area contributed by atoms with E-state index in [0.29, 0.717) is 13.2 Å². The van der Waals surface area contributed by atoms with Crippen molar-refractivity contribution in [1.82, 2.24) is 9.80 Å². The summed E-state index contributed by atoms with van der Waals surface area (Å²) in [4.78, 5) is 16.0. The van der Waals surface area contributed by atoms with Gasteiger partial charge in [0.15, 0.2) is 0 Å². The average molecular weight is 298 g/mol. The Labute approximate surface area is 126 Å². The summed E-state index contributed by atoms with van der Waals surface area (Å²) < 4.78 is 16.5. The molecule has 0 aromatic rings. The van der Waals surface area contributed by atoms with Crippen molar-refractivity contribution in [3.05, 3.63) is 0 Å². The normalized spacial score (nSPS) is 27.0. The smallest absolute Gasteiger partial charge is 0.409 e. The Morgan fingerprint density at radius 1 is 1.14 bits per heavy atom. The maximum atomic E-state index is 12.0. The van der Waals surface area contributed by atoms with Gasteiger partial charge in [-0.05, 0) is 25.2 Å². The minimum Gasteiger partial charge on any atom is -0.448 e. The third kappa shape index (κ3) is 4.83. The van der Waals surface area contributed by atoms with E-state index >= 15 is 0 Å². The first-order valence-corrected chi connectivity index (χ1v) is 8.14. The van der Waals surface area contributed by atoms with Crippen LogP contribution >= 0.6 is 0 Å². The van der Waals surface area contributed by atoms with Gasteiger partial charge in [0.05, 0.1) is 25.9 Å². The highest BCUT2D eigenvalue weighted by molar-refractivity contribution is 5.68. The Kier molecular flexibility index (Phi) is 5.32. The van der Waals surface area contributed by atoms with Gasteiger partial charge in [-0.15, -0.1) is 0 Å². The molecule has 0 unspecified atom stereocenters. The van der Waals surface area contributed by atoms with Crippen molar-refractivity contribution in [3.63, 3.8) is 0 Å². The molecular weight excluding hydrogens is 272 g/mol. The number of morpholine rings is 1. The zero-order chi connectivity index (χ0) is 14.5. The summed E-state index contributed by atoms with van der Waals surface area (Å²) in [5, 5.41) is 0. The van der Waals surface area contributed by atoms with Gasteiger partial charge >= 0.3 is 6.09 Å². The Balaban J connectivity index is 1.28. The maximum Gasteiger partial charge on any atom is 0.409 e. The molecule has 6 nitrogen and oxygen atoms in total. The lowest BCUT2D eigenvalue weighted by Gasteiger charge is -2.26. The number of hydrogen-bond donors (Lipinski definition) is 0. The Morgan fingerprint density at radius 2 is 1.95 bits per heavy atom. The second-order valence-corrected chi connectivity index (χ2v) is 6.20. The Bertz CT molecular complexity index is 343. The molecule has 1 amide bonds. The van der Waals surface area contributed by atoms with Crippen LogP contribution in [0.3, 0.4) is 0 Å². The van der Waals surface area contributed by atoms with Crippen LogP contribution in [0.2, 0.25) is 0 Å². The number of amides is 1. The molecule has 0 aromatic heterocycles. The summed E-state index contributed by atoms with van der Waals surface area (Å²) in [6, 6.07) is 0. The molecule has 1 aliphatic carbocycles. The Hall–Kier alpha value is -0.850. The monoisotopic (exact) mass is 298 g/mol. The SMILES string of the molecule is O=C(OCCN1CCOCC1)N1CC[C@H](OCC2CC2)C1. The van der Waals surface area contributed by atoms with E-state index in [4.69, 9.17) is 14.2 Å². The van der Waals surface area contributed by atoms with Gasteiger partial charge in [-0.1, -0.05) is 0 Å². The molecule has 2 heterocycles. The summed E-state index contributed by atoms with van der Waals surface area (Å²) in [6.07, 6.45) is 3.56. The molecule has 0 radical (unpaired) electrons. The van der Waals surface area contributed by atoms with Crippen LogP contribution in [0.25, 0.3) is 0 Å². The Morgan fingerprint density at radius 3 is 2.71 bits per heavy atom. The van der Waals surface area contributed by atoms with E-state index in [1.807, 2.05) is 0 Å².